The SMILES string of the molecule is CC1=NO[C@](C)(C(=O)NCc2cc3n(n2)CCN(S(C)(=O)=O)C3)C1. The summed E-state index contributed by atoms with van der Waals surface area (Å²) in [5.41, 5.74) is 1.31. The number of aromatic nitrogens is 2. The summed E-state index contributed by atoms with van der Waals surface area (Å²) in [4.78, 5) is 17.5. The summed E-state index contributed by atoms with van der Waals surface area (Å²) in [6.07, 6.45) is 1.66. The Labute approximate surface area is 140 Å². The van der Waals surface area contributed by atoms with Crippen LogP contribution in [0, 0.1) is 0 Å². The van der Waals surface area contributed by atoms with Crippen molar-refractivity contribution in [1.29, 1.82) is 0 Å². The molecule has 0 unspecified atom stereocenters. The monoisotopic (exact) mass is 355 g/mol. The molecule has 0 saturated carbocycles. The maximum absolute atomic E-state index is 12.3. The molecule has 10 heteroatoms. The minimum Gasteiger partial charge on any atom is -0.379 e. The van der Waals surface area contributed by atoms with Crippen molar-refractivity contribution in [3.05, 3.63) is 17.5 Å². The molecule has 0 saturated heterocycles. The predicted molar refractivity (Wildman–Crippen MR) is 86.5 cm³/mol. The van der Waals surface area contributed by atoms with Gasteiger partial charge in [0.15, 0.2) is 0 Å². The molecular formula is C14H21N5O4S. The lowest BCUT2D eigenvalue weighted by molar-refractivity contribution is -0.141. The van der Waals surface area contributed by atoms with Gasteiger partial charge in [0.2, 0.25) is 15.6 Å². The minimum atomic E-state index is -3.22. The van der Waals surface area contributed by atoms with Crippen LogP contribution in [-0.2, 0) is 39.3 Å². The van der Waals surface area contributed by atoms with Crippen LogP contribution in [0.2, 0.25) is 0 Å². The van der Waals surface area contributed by atoms with E-state index in [4.69, 9.17) is 4.84 Å². The third-order valence-corrected chi connectivity index (χ3v) is 5.44. The average molecular weight is 355 g/mol. The van der Waals surface area contributed by atoms with Crippen LogP contribution in [0.5, 0.6) is 0 Å². The quantitative estimate of drug-likeness (QED) is 0.807. The fourth-order valence-corrected chi connectivity index (χ4v) is 3.66. The Morgan fingerprint density at radius 1 is 1.46 bits per heavy atom. The van der Waals surface area contributed by atoms with Crippen molar-refractivity contribution in [3.63, 3.8) is 0 Å². The Hall–Kier alpha value is -1.94. The van der Waals surface area contributed by atoms with E-state index in [1.54, 1.807) is 11.6 Å². The van der Waals surface area contributed by atoms with Crippen molar-refractivity contribution >= 4 is 21.6 Å². The van der Waals surface area contributed by atoms with Gasteiger partial charge in [-0.3, -0.25) is 9.48 Å². The molecule has 0 fully saturated rings. The number of amides is 1. The van der Waals surface area contributed by atoms with E-state index in [1.807, 2.05) is 13.0 Å². The summed E-state index contributed by atoms with van der Waals surface area (Å²) in [5.74, 6) is -0.244. The third kappa shape index (κ3) is 3.29. The van der Waals surface area contributed by atoms with Crippen LogP contribution in [0.15, 0.2) is 11.2 Å². The van der Waals surface area contributed by atoms with Gasteiger partial charge in [0.1, 0.15) is 0 Å². The normalized spacial score (nSPS) is 24.2. The molecule has 1 aromatic rings. The lowest BCUT2D eigenvalue weighted by Gasteiger charge is -2.25. The van der Waals surface area contributed by atoms with Crippen molar-refractivity contribution in [1.82, 2.24) is 19.4 Å². The fourth-order valence-electron chi connectivity index (χ4n) is 2.88. The zero-order valence-electron chi connectivity index (χ0n) is 13.9. The number of fused-ring (bicyclic) bond motifs is 1. The molecule has 2 aliphatic heterocycles. The zero-order chi connectivity index (χ0) is 17.5. The second kappa shape index (κ2) is 5.85. The van der Waals surface area contributed by atoms with Gasteiger partial charge in [-0.2, -0.15) is 9.40 Å². The van der Waals surface area contributed by atoms with Gasteiger partial charge in [0, 0.05) is 13.0 Å². The molecular weight excluding hydrogens is 334 g/mol. The Morgan fingerprint density at radius 2 is 2.21 bits per heavy atom. The lowest BCUT2D eigenvalue weighted by atomic mass is 9.99. The topological polar surface area (TPSA) is 106 Å². The van der Waals surface area contributed by atoms with Crippen molar-refractivity contribution in [2.45, 2.75) is 45.5 Å². The molecule has 2 aliphatic rings. The summed E-state index contributed by atoms with van der Waals surface area (Å²) >= 11 is 0. The molecule has 0 aliphatic carbocycles. The van der Waals surface area contributed by atoms with Gasteiger partial charge in [-0.25, -0.2) is 8.42 Å². The zero-order valence-corrected chi connectivity index (χ0v) is 14.8. The Bertz CT molecular complexity index is 800. The van der Waals surface area contributed by atoms with Gasteiger partial charge in [0.05, 0.1) is 43.0 Å². The maximum atomic E-state index is 12.3. The van der Waals surface area contributed by atoms with Crippen LogP contribution in [0.1, 0.15) is 31.7 Å². The number of hydrogen-bond donors (Lipinski definition) is 1. The van der Waals surface area contributed by atoms with Crippen molar-refractivity contribution in [2.24, 2.45) is 5.16 Å². The number of rotatable bonds is 4. The predicted octanol–water partition coefficient (Wildman–Crippen LogP) is -0.171. The first kappa shape index (κ1) is 16.9. The van der Waals surface area contributed by atoms with Gasteiger partial charge in [-0.15, -0.1) is 0 Å². The van der Waals surface area contributed by atoms with Crippen molar-refractivity contribution in [2.75, 3.05) is 12.8 Å². The highest BCUT2D eigenvalue weighted by Gasteiger charge is 2.40. The average Bonchev–Trinajstić information content (AvgIpc) is 3.06. The summed E-state index contributed by atoms with van der Waals surface area (Å²) in [5, 5.41) is 11.0. The van der Waals surface area contributed by atoms with E-state index in [9.17, 15) is 13.2 Å². The molecule has 9 nitrogen and oxygen atoms in total. The number of hydrogen-bond acceptors (Lipinski definition) is 6. The molecule has 1 atom stereocenters. The molecule has 0 radical (unpaired) electrons. The summed E-state index contributed by atoms with van der Waals surface area (Å²) in [6, 6.07) is 1.82. The molecule has 0 aromatic carbocycles. The minimum absolute atomic E-state index is 0.244. The number of carbonyl (C=O) groups excluding carboxylic acids is 1. The smallest absolute Gasteiger partial charge is 0.267 e. The standard InChI is InChI=1S/C14H21N5O4S/c1-10-7-14(2,23-17-10)13(20)15-8-11-6-12-9-18(24(3,21)22)4-5-19(12)16-11/h6H,4-5,7-9H2,1-3H3,(H,15,20)/t14-/m0/s1. The van der Waals surface area contributed by atoms with Gasteiger partial charge >= 0.3 is 0 Å². The van der Waals surface area contributed by atoms with E-state index in [-0.39, 0.29) is 12.5 Å². The van der Waals surface area contributed by atoms with Crippen molar-refractivity contribution < 1.29 is 18.0 Å². The molecule has 1 aromatic heterocycles. The number of nitrogens with one attached hydrogen (secondary N) is 1. The van der Waals surface area contributed by atoms with E-state index in [2.05, 4.69) is 15.6 Å². The molecule has 24 heavy (non-hydrogen) atoms. The summed E-state index contributed by atoms with van der Waals surface area (Å²) in [6.45, 7) is 4.98. The highest BCUT2D eigenvalue weighted by molar-refractivity contribution is 7.88. The van der Waals surface area contributed by atoms with Crippen LogP contribution in [0.25, 0.3) is 0 Å². The first-order chi connectivity index (χ1) is 11.2. The van der Waals surface area contributed by atoms with Gasteiger partial charge in [-0.1, -0.05) is 5.16 Å². The van der Waals surface area contributed by atoms with E-state index < -0.39 is 15.6 Å². The number of sulfonamides is 1. The van der Waals surface area contributed by atoms with Gasteiger partial charge in [0.25, 0.3) is 5.91 Å². The molecule has 0 bridgehead atoms. The lowest BCUT2D eigenvalue weighted by Crippen LogP contribution is -2.44. The van der Waals surface area contributed by atoms with E-state index in [1.165, 1.54) is 10.6 Å². The van der Waals surface area contributed by atoms with E-state index >= 15 is 0 Å². The second-order valence-corrected chi connectivity index (χ2v) is 8.44. The molecule has 1 amide bonds. The second-order valence-electron chi connectivity index (χ2n) is 6.45. The van der Waals surface area contributed by atoms with Crippen LogP contribution >= 0.6 is 0 Å². The Balaban J connectivity index is 1.62. The fraction of sp³-hybridized carbons (Fsp3) is 0.643. The third-order valence-electron chi connectivity index (χ3n) is 4.19. The molecule has 0 spiro atoms. The first-order valence-electron chi connectivity index (χ1n) is 7.68. The molecule has 3 rings (SSSR count). The maximum Gasteiger partial charge on any atom is 0.267 e. The summed E-state index contributed by atoms with van der Waals surface area (Å²) < 4.78 is 26.5. The van der Waals surface area contributed by atoms with Gasteiger partial charge < -0.3 is 10.2 Å². The highest BCUT2D eigenvalue weighted by Crippen LogP contribution is 2.23. The van der Waals surface area contributed by atoms with Crippen LogP contribution in [-0.4, -0.2) is 52.5 Å². The largest absolute Gasteiger partial charge is 0.379 e. The van der Waals surface area contributed by atoms with Crippen LogP contribution in [0.4, 0.5) is 0 Å². The van der Waals surface area contributed by atoms with Crippen LogP contribution < -0.4 is 5.32 Å². The highest BCUT2D eigenvalue weighted by atomic mass is 32.2. The van der Waals surface area contributed by atoms with E-state index in [0.717, 1.165) is 11.4 Å². The molecule has 132 valence electrons. The first-order valence-corrected chi connectivity index (χ1v) is 9.53. The Kier molecular flexibility index (Phi) is 4.12. The Morgan fingerprint density at radius 3 is 2.83 bits per heavy atom. The van der Waals surface area contributed by atoms with Crippen molar-refractivity contribution in [3.8, 4) is 0 Å². The summed E-state index contributed by atoms with van der Waals surface area (Å²) in [7, 11) is -3.22. The number of nitrogens with zero attached hydrogens (tertiary/aromatic N) is 4. The molecule has 1 N–H and O–H groups in total. The molecule has 3 heterocycles. The van der Waals surface area contributed by atoms with Crippen LogP contribution in [0.3, 0.4) is 0 Å². The number of oxime groups is 1. The van der Waals surface area contributed by atoms with E-state index in [0.29, 0.717) is 31.7 Å². The number of carbonyl (C=O) groups is 1. The van der Waals surface area contributed by atoms with Gasteiger partial charge in [-0.05, 0) is 19.9 Å².